The molecule has 1 unspecified atom stereocenters. The summed E-state index contributed by atoms with van der Waals surface area (Å²) in [6.45, 7) is 8.59. The molecule has 0 spiro atoms. The van der Waals surface area contributed by atoms with Gasteiger partial charge in [-0.1, -0.05) is 0 Å². The van der Waals surface area contributed by atoms with Crippen molar-refractivity contribution in [3.05, 3.63) is 0 Å². The topological polar surface area (TPSA) is 50.1 Å². The van der Waals surface area contributed by atoms with E-state index in [1.807, 2.05) is 0 Å². The molecule has 1 heterocycles. The Morgan fingerprint density at radius 2 is 1.92 bits per heavy atom. The molecule has 0 aliphatic carbocycles. The summed E-state index contributed by atoms with van der Waals surface area (Å²) < 4.78 is 0. The van der Waals surface area contributed by atoms with Crippen LogP contribution in [0.5, 0.6) is 0 Å². The zero-order valence-corrected chi connectivity index (χ0v) is 9.06. The van der Waals surface area contributed by atoms with Crippen molar-refractivity contribution in [2.45, 2.75) is 51.2 Å². The third kappa shape index (κ3) is 3.63. The van der Waals surface area contributed by atoms with Crippen molar-refractivity contribution in [2.24, 2.45) is 5.73 Å². The Hall–Kier alpha value is -0.120. The van der Waals surface area contributed by atoms with Crippen LogP contribution >= 0.6 is 0 Å². The molecule has 1 saturated heterocycles. The van der Waals surface area contributed by atoms with Crippen molar-refractivity contribution in [1.29, 1.82) is 0 Å². The number of piperidine rings is 1. The first-order valence-electron chi connectivity index (χ1n) is 5.26. The molecular weight excluding hydrogens is 162 g/mol. The molecule has 1 fully saturated rings. The average molecular weight is 185 g/mol. The van der Waals surface area contributed by atoms with Crippen LogP contribution in [0, 0.1) is 0 Å². The summed E-state index contributed by atoms with van der Waals surface area (Å²) in [5, 5.41) is 6.95. The van der Waals surface area contributed by atoms with Crippen LogP contribution in [0.1, 0.15) is 33.6 Å². The number of rotatable bonds is 3. The maximum Gasteiger partial charge on any atom is 0.0250 e. The molecule has 0 aromatic heterocycles. The molecular formula is C10H23N3. The van der Waals surface area contributed by atoms with E-state index >= 15 is 0 Å². The lowest BCUT2D eigenvalue weighted by atomic mass is 9.95. The van der Waals surface area contributed by atoms with E-state index in [9.17, 15) is 0 Å². The van der Waals surface area contributed by atoms with Gasteiger partial charge in [0.05, 0.1) is 0 Å². The molecule has 0 bridgehead atoms. The van der Waals surface area contributed by atoms with E-state index in [-0.39, 0.29) is 5.54 Å². The lowest BCUT2D eigenvalue weighted by molar-refractivity contribution is 0.291. The highest BCUT2D eigenvalue weighted by Gasteiger charge is 2.23. The third-order valence-electron chi connectivity index (χ3n) is 2.94. The Labute approximate surface area is 81.5 Å². The highest BCUT2D eigenvalue weighted by atomic mass is 15.0. The highest BCUT2D eigenvalue weighted by molar-refractivity contribution is 4.88. The zero-order chi connectivity index (χ0) is 9.90. The van der Waals surface area contributed by atoms with Crippen LogP contribution in [0.4, 0.5) is 0 Å². The van der Waals surface area contributed by atoms with Gasteiger partial charge in [0.1, 0.15) is 0 Å². The summed E-state index contributed by atoms with van der Waals surface area (Å²) in [6, 6.07) is 1.04. The summed E-state index contributed by atoms with van der Waals surface area (Å²) in [5.41, 5.74) is 5.90. The van der Waals surface area contributed by atoms with Gasteiger partial charge in [0.15, 0.2) is 0 Å². The number of hydrogen-bond donors (Lipinski definition) is 3. The van der Waals surface area contributed by atoms with Crippen LogP contribution in [0.15, 0.2) is 0 Å². The minimum absolute atomic E-state index is 0.120. The summed E-state index contributed by atoms with van der Waals surface area (Å²) in [5.74, 6) is 0. The van der Waals surface area contributed by atoms with E-state index < -0.39 is 0 Å². The van der Waals surface area contributed by atoms with Crippen molar-refractivity contribution in [3.63, 3.8) is 0 Å². The van der Waals surface area contributed by atoms with Gasteiger partial charge in [0, 0.05) is 17.6 Å². The van der Waals surface area contributed by atoms with Crippen molar-refractivity contribution in [2.75, 3.05) is 13.1 Å². The summed E-state index contributed by atoms with van der Waals surface area (Å²) in [6.07, 6.45) is 2.45. The molecule has 0 radical (unpaired) electrons. The quantitative estimate of drug-likeness (QED) is 0.598. The minimum atomic E-state index is -0.120. The van der Waals surface area contributed by atoms with Crippen molar-refractivity contribution >= 4 is 0 Å². The van der Waals surface area contributed by atoms with Gasteiger partial charge >= 0.3 is 0 Å². The SMILES string of the molecule is CC(NC1CCNCC1)C(C)(C)N. The van der Waals surface area contributed by atoms with E-state index in [0.717, 1.165) is 13.1 Å². The van der Waals surface area contributed by atoms with Gasteiger partial charge in [-0.15, -0.1) is 0 Å². The van der Waals surface area contributed by atoms with Crippen LogP contribution in [0.25, 0.3) is 0 Å². The standard InChI is InChI=1S/C10H23N3/c1-8(10(2,3)11)13-9-4-6-12-7-5-9/h8-9,12-13H,4-7,11H2,1-3H3. The van der Waals surface area contributed by atoms with Crippen LogP contribution in [0.2, 0.25) is 0 Å². The number of nitrogens with one attached hydrogen (secondary N) is 2. The molecule has 1 rings (SSSR count). The van der Waals surface area contributed by atoms with Gasteiger partial charge in [0.25, 0.3) is 0 Å². The molecule has 4 N–H and O–H groups in total. The van der Waals surface area contributed by atoms with E-state index in [1.54, 1.807) is 0 Å². The maximum absolute atomic E-state index is 6.02. The molecule has 0 aromatic rings. The van der Waals surface area contributed by atoms with Gasteiger partial charge < -0.3 is 16.4 Å². The van der Waals surface area contributed by atoms with Crippen LogP contribution in [0.3, 0.4) is 0 Å². The number of nitrogens with two attached hydrogens (primary N) is 1. The highest BCUT2D eigenvalue weighted by Crippen LogP contribution is 2.09. The molecule has 3 nitrogen and oxygen atoms in total. The average Bonchev–Trinajstić information content (AvgIpc) is 2.04. The normalized spacial score (nSPS) is 23.1. The van der Waals surface area contributed by atoms with Gasteiger partial charge in [-0.05, 0) is 46.7 Å². The second-order valence-corrected chi connectivity index (χ2v) is 4.73. The Kier molecular flexibility index (Phi) is 3.71. The largest absolute Gasteiger partial charge is 0.324 e. The van der Waals surface area contributed by atoms with Crippen LogP contribution in [-0.4, -0.2) is 30.7 Å². The monoisotopic (exact) mass is 185 g/mol. The summed E-state index contributed by atoms with van der Waals surface area (Å²) in [4.78, 5) is 0. The Morgan fingerprint density at radius 1 is 1.38 bits per heavy atom. The second-order valence-electron chi connectivity index (χ2n) is 4.73. The fourth-order valence-corrected chi connectivity index (χ4v) is 1.56. The Morgan fingerprint density at radius 3 is 2.38 bits per heavy atom. The Bertz CT molecular complexity index is 145. The van der Waals surface area contributed by atoms with Crippen molar-refractivity contribution in [3.8, 4) is 0 Å². The van der Waals surface area contributed by atoms with Gasteiger partial charge in [0.2, 0.25) is 0 Å². The molecule has 1 aliphatic rings. The number of hydrogen-bond acceptors (Lipinski definition) is 3. The first-order valence-corrected chi connectivity index (χ1v) is 5.26. The molecule has 0 amide bonds. The van der Waals surface area contributed by atoms with Crippen molar-refractivity contribution in [1.82, 2.24) is 10.6 Å². The predicted molar refractivity (Wildman–Crippen MR) is 56.8 cm³/mol. The van der Waals surface area contributed by atoms with Gasteiger partial charge in [-0.2, -0.15) is 0 Å². The fourth-order valence-electron chi connectivity index (χ4n) is 1.56. The first kappa shape index (κ1) is 11.0. The van der Waals surface area contributed by atoms with Crippen LogP contribution < -0.4 is 16.4 Å². The molecule has 0 saturated carbocycles. The van der Waals surface area contributed by atoms with Gasteiger partial charge in [-0.3, -0.25) is 0 Å². The van der Waals surface area contributed by atoms with Crippen molar-refractivity contribution < 1.29 is 0 Å². The third-order valence-corrected chi connectivity index (χ3v) is 2.94. The molecule has 13 heavy (non-hydrogen) atoms. The molecule has 78 valence electrons. The molecule has 0 aromatic carbocycles. The fraction of sp³-hybridized carbons (Fsp3) is 1.00. The lowest BCUT2D eigenvalue weighted by Crippen LogP contribution is -2.55. The van der Waals surface area contributed by atoms with E-state index in [0.29, 0.717) is 12.1 Å². The molecule has 1 aliphatic heterocycles. The van der Waals surface area contributed by atoms with E-state index in [2.05, 4.69) is 31.4 Å². The molecule has 1 atom stereocenters. The van der Waals surface area contributed by atoms with Crippen LogP contribution in [-0.2, 0) is 0 Å². The first-order chi connectivity index (χ1) is 6.00. The molecule has 3 heteroatoms. The predicted octanol–water partition coefficient (Wildman–Crippen LogP) is 0.454. The zero-order valence-electron chi connectivity index (χ0n) is 9.06. The second kappa shape index (κ2) is 4.40. The summed E-state index contributed by atoms with van der Waals surface area (Å²) >= 11 is 0. The van der Waals surface area contributed by atoms with E-state index in [4.69, 9.17) is 5.73 Å². The van der Waals surface area contributed by atoms with Gasteiger partial charge in [-0.25, -0.2) is 0 Å². The Balaban J connectivity index is 2.30. The maximum atomic E-state index is 6.02. The summed E-state index contributed by atoms with van der Waals surface area (Å²) in [7, 11) is 0. The van der Waals surface area contributed by atoms with E-state index in [1.165, 1.54) is 12.8 Å². The smallest absolute Gasteiger partial charge is 0.0250 e. The lowest BCUT2D eigenvalue weighted by Gasteiger charge is -2.34. The minimum Gasteiger partial charge on any atom is -0.324 e.